The standard InChI is InChI=1S/C11H13BrN4OS/c1-7(9-5-14-15-6-9)16-11(17)13-4-8-2-3-18-10(8)12/h2-3,5-7H,4H2,1H3,(H,14,15)(H2,13,16,17)/t7-/m0/s1. The van der Waals surface area contributed by atoms with Crippen LogP contribution in [0.3, 0.4) is 0 Å². The molecule has 0 unspecified atom stereocenters. The second kappa shape index (κ2) is 6.01. The van der Waals surface area contributed by atoms with Gasteiger partial charge in [-0.2, -0.15) is 5.10 Å². The lowest BCUT2D eigenvalue weighted by atomic mass is 10.2. The SMILES string of the molecule is C[C@H](NC(=O)NCc1ccsc1Br)c1cn[nH]c1. The van der Waals surface area contributed by atoms with Crippen molar-refractivity contribution < 1.29 is 4.79 Å². The van der Waals surface area contributed by atoms with E-state index in [2.05, 4.69) is 36.8 Å². The predicted molar refractivity (Wildman–Crippen MR) is 74.4 cm³/mol. The summed E-state index contributed by atoms with van der Waals surface area (Å²) in [6.07, 6.45) is 3.46. The van der Waals surface area contributed by atoms with Crippen molar-refractivity contribution in [2.45, 2.75) is 19.5 Å². The fourth-order valence-corrected chi connectivity index (χ4v) is 2.69. The smallest absolute Gasteiger partial charge is 0.315 e. The Morgan fingerprint density at radius 2 is 2.50 bits per heavy atom. The molecule has 2 aromatic rings. The number of urea groups is 1. The van der Waals surface area contributed by atoms with Crippen molar-refractivity contribution in [3.63, 3.8) is 0 Å². The number of aromatic amines is 1. The molecule has 2 heterocycles. The van der Waals surface area contributed by atoms with E-state index in [0.717, 1.165) is 14.9 Å². The molecule has 1 atom stereocenters. The zero-order valence-electron chi connectivity index (χ0n) is 9.74. The molecule has 0 radical (unpaired) electrons. The fraction of sp³-hybridized carbons (Fsp3) is 0.273. The average molecular weight is 329 g/mol. The van der Waals surface area contributed by atoms with Crippen molar-refractivity contribution in [2.75, 3.05) is 0 Å². The monoisotopic (exact) mass is 328 g/mol. The van der Waals surface area contributed by atoms with Gasteiger partial charge in [0.2, 0.25) is 0 Å². The van der Waals surface area contributed by atoms with Crippen molar-refractivity contribution in [1.29, 1.82) is 0 Å². The van der Waals surface area contributed by atoms with Crippen LogP contribution in [0, 0.1) is 0 Å². The number of thiophene rings is 1. The van der Waals surface area contributed by atoms with Crippen molar-refractivity contribution in [3.05, 3.63) is 38.8 Å². The topological polar surface area (TPSA) is 69.8 Å². The zero-order valence-corrected chi connectivity index (χ0v) is 12.1. The first-order valence-corrected chi connectivity index (χ1v) is 7.09. The number of rotatable bonds is 4. The maximum atomic E-state index is 11.7. The number of hydrogen-bond donors (Lipinski definition) is 3. The van der Waals surface area contributed by atoms with Gasteiger partial charge in [-0.05, 0) is 39.9 Å². The van der Waals surface area contributed by atoms with Crippen molar-refractivity contribution in [3.8, 4) is 0 Å². The second-order valence-electron chi connectivity index (χ2n) is 3.80. The summed E-state index contributed by atoms with van der Waals surface area (Å²) in [7, 11) is 0. The van der Waals surface area contributed by atoms with Crippen molar-refractivity contribution in [1.82, 2.24) is 20.8 Å². The number of amides is 2. The molecule has 3 N–H and O–H groups in total. The van der Waals surface area contributed by atoms with Gasteiger partial charge in [-0.15, -0.1) is 11.3 Å². The summed E-state index contributed by atoms with van der Waals surface area (Å²) in [5.74, 6) is 0. The Morgan fingerprint density at radius 1 is 1.67 bits per heavy atom. The number of carbonyl (C=O) groups excluding carboxylic acids is 1. The van der Waals surface area contributed by atoms with E-state index in [1.807, 2.05) is 18.4 Å². The molecule has 96 valence electrons. The molecule has 0 aliphatic heterocycles. The Labute approximate surface area is 117 Å². The molecule has 0 saturated heterocycles. The average Bonchev–Trinajstić information content (AvgIpc) is 2.97. The molecule has 2 amide bonds. The van der Waals surface area contributed by atoms with Gasteiger partial charge in [0.25, 0.3) is 0 Å². The first-order valence-electron chi connectivity index (χ1n) is 5.41. The molecule has 2 aromatic heterocycles. The fourth-order valence-electron chi connectivity index (χ4n) is 1.45. The molecule has 0 saturated carbocycles. The lowest BCUT2D eigenvalue weighted by Gasteiger charge is -2.12. The van der Waals surface area contributed by atoms with Crippen LogP contribution < -0.4 is 10.6 Å². The summed E-state index contributed by atoms with van der Waals surface area (Å²) in [4.78, 5) is 11.7. The number of nitrogens with zero attached hydrogens (tertiary/aromatic N) is 1. The Morgan fingerprint density at radius 3 is 3.11 bits per heavy atom. The number of halogens is 1. The number of H-pyrrole nitrogens is 1. The largest absolute Gasteiger partial charge is 0.334 e. The molecule has 5 nitrogen and oxygen atoms in total. The van der Waals surface area contributed by atoms with Crippen LogP contribution in [-0.2, 0) is 6.54 Å². The third kappa shape index (κ3) is 3.33. The van der Waals surface area contributed by atoms with Crippen LogP contribution in [0.2, 0.25) is 0 Å². The normalized spacial score (nSPS) is 12.1. The summed E-state index contributed by atoms with van der Waals surface area (Å²) in [5, 5.41) is 14.2. The van der Waals surface area contributed by atoms with Gasteiger partial charge >= 0.3 is 6.03 Å². The summed E-state index contributed by atoms with van der Waals surface area (Å²) in [6, 6.07) is 1.71. The summed E-state index contributed by atoms with van der Waals surface area (Å²) >= 11 is 5.03. The van der Waals surface area contributed by atoms with E-state index in [4.69, 9.17) is 0 Å². The minimum absolute atomic E-state index is 0.0744. The highest BCUT2D eigenvalue weighted by molar-refractivity contribution is 9.11. The minimum Gasteiger partial charge on any atom is -0.334 e. The molecule has 0 fully saturated rings. The van der Waals surface area contributed by atoms with E-state index in [0.29, 0.717) is 6.54 Å². The van der Waals surface area contributed by atoms with Crippen LogP contribution in [0.15, 0.2) is 27.6 Å². The third-order valence-corrected chi connectivity index (χ3v) is 4.31. The van der Waals surface area contributed by atoms with Crippen LogP contribution >= 0.6 is 27.3 Å². The van der Waals surface area contributed by atoms with Gasteiger partial charge in [0.05, 0.1) is 16.0 Å². The van der Waals surface area contributed by atoms with Crippen LogP contribution in [0.5, 0.6) is 0 Å². The molecule has 0 spiro atoms. The van der Waals surface area contributed by atoms with Gasteiger partial charge in [0, 0.05) is 18.3 Å². The van der Waals surface area contributed by atoms with Crippen LogP contribution in [0.4, 0.5) is 4.79 Å². The van der Waals surface area contributed by atoms with E-state index in [1.165, 1.54) is 0 Å². The number of nitrogens with one attached hydrogen (secondary N) is 3. The van der Waals surface area contributed by atoms with Crippen LogP contribution in [0.1, 0.15) is 24.1 Å². The molecule has 0 aliphatic carbocycles. The summed E-state index contributed by atoms with van der Waals surface area (Å²) < 4.78 is 1.05. The zero-order chi connectivity index (χ0) is 13.0. The van der Waals surface area contributed by atoms with Crippen LogP contribution in [-0.4, -0.2) is 16.2 Å². The van der Waals surface area contributed by atoms with Gasteiger partial charge in [0.1, 0.15) is 0 Å². The Balaban J connectivity index is 1.81. The first-order chi connectivity index (χ1) is 8.66. The van der Waals surface area contributed by atoms with Gasteiger partial charge in [-0.25, -0.2) is 4.79 Å². The summed E-state index contributed by atoms with van der Waals surface area (Å²) in [5.41, 5.74) is 2.02. The molecule has 7 heteroatoms. The second-order valence-corrected chi connectivity index (χ2v) is 6.03. The molecule has 0 bridgehead atoms. The molecule has 2 rings (SSSR count). The van der Waals surface area contributed by atoms with Gasteiger partial charge in [-0.1, -0.05) is 0 Å². The molecule has 0 aliphatic rings. The van der Waals surface area contributed by atoms with E-state index in [9.17, 15) is 4.79 Å². The molecular formula is C11H13BrN4OS. The molecular weight excluding hydrogens is 316 g/mol. The van der Waals surface area contributed by atoms with E-state index >= 15 is 0 Å². The Hall–Kier alpha value is -1.34. The lowest BCUT2D eigenvalue weighted by molar-refractivity contribution is 0.237. The third-order valence-electron chi connectivity index (χ3n) is 2.50. The van der Waals surface area contributed by atoms with E-state index < -0.39 is 0 Å². The quantitative estimate of drug-likeness (QED) is 0.807. The molecule has 0 aromatic carbocycles. The number of aromatic nitrogens is 2. The summed E-state index contributed by atoms with van der Waals surface area (Å²) in [6.45, 7) is 2.42. The highest BCUT2D eigenvalue weighted by atomic mass is 79.9. The maximum absolute atomic E-state index is 11.7. The van der Waals surface area contributed by atoms with Crippen molar-refractivity contribution >= 4 is 33.3 Å². The van der Waals surface area contributed by atoms with E-state index in [1.54, 1.807) is 23.7 Å². The first kappa shape index (κ1) is 13.1. The maximum Gasteiger partial charge on any atom is 0.315 e. The number of hydrogen-bond acceptors (Lipinski definition) is 3. The highest BCUT2D eigenvalue weighted by Gasteiger charge is 2.10. The van der Waals surface area contributed by atoms with Crippen molar-refractivity contribution in [2.24, 2.45) is 0 Å². The Bertz CT molecular complexity index is 511. The minimum atomic E-state index is -0.193. The van der Waals surface area contributed by atoms with Gasteiger partial charge in [-0.3, -0.25) is 5.10 Å². The predicted octanol–water partition coefficient (Wildman–Crippen LogP) is 2.79. The van der Waals surface area contributed by atoms with Gasteiger partial charge in [0.15, 0.2) is 0 Å². The highest BCUT2D eigenvalue weighted by Crippen LogP contribution is 2.22. The van der Waals surface area contributed by atoms with Gasteiger partial charge < -0.3 is 10.6 Å². The molecule has 18 heavy (non-hydrogen) atoms. The van der Waals surface area contributed by atoms with E-state index in [-0.39, 0.29) is 12.1 Å². The van der Waals surface area contributed by atoms with Crippen LogP contribution in [0.25, 0.3) is 0 Å². The Kier molecular flexibility index (Phi) is 4.38. The lowest BCUT2D eigenvalue weighted by Crippen LogP contribution is -2.36. The number of carbonyl (C=O) groups is 1.